The zero-order valence-corrected chi connectivity index (χ0v) is 11.7. The van der Waals surface area contributed by atoms with Crippen molar-refractivity contribution in [3.05, 3.63) is 29.8 Å². The van der Waals surface area contributed by atoms with Gasteiger partial charge in [0, 0.05) is 24.3 Å². The van der Waals surface area contributed by atoms with Crippen molar-refractivity contribution in [2.24, 2.45) is 0 Å². The molecule has 0 aliphatic carbocycles. The van der Waals surface area contributed by atoms with Crippen LogP contribution in [-0.4, -0.2) is 38.9 Å². The van der Waals surface area contributed by atoms with Crippen LogP contribution in [-0.2, 0) is 14.3 Å². The lowest BCUT2D eigenvalue weighted by molar-refractivity contribution is -0.141. The van der Waals surface area contributed by atoms with Crippen molar-refractivity contribution in [1.29, 1.82) is 0 Å². The van der Waals surface area contributed by atoms with Gasteiger partial charge in [0.2, 0.25) is 0 Å². The van der Waals surface area contributed by atoms with Gasteiger partial charge in [0.05, 0.1) is 19.8 Å². The van der Waals surface area contributed by atoms with E-state index < -0.39 is 0 Å². The van der Waals surface area contributed by atoms with Crippen LogP contribution in [0.1, 0.15) is 18.9 Å². The molecule has 1 saturated heterocycles. The van der Waals surface area contributed by atoms with Gasteiger partial charge in [-0.1, -0.05) is 17.9 Å². The summed E-state index contributed by atoms with van der Waals surface area (Å²) in [5.41, 5.74) is 2.06. The third-order valence-electron chi connectivity index (χ3n) is 2.99. The highest BCUT2D eigenvalue weighted by Crippen LogP contribution is 2.17. The van der Waals surface area contributed by atoms with Crippen molar-refractivity contribution >= 4 is 11.7 Å². The third kappa shape index (κ3) is 4.29. The number of benzene rings is 1. The lowest BCUT2D eigenvalue weighted by atomic mass is 10.2. The normalized spacial score (nSPS) is 14.3. The minimum absolute atomic E-state index is 0.135. The van der Waals surface area contributed by atoms with Gasteiger partial charge >= 0.3 is 5.97 Å². The average Bonchev–Trinajstić information content (AvgIpc) is 2.49. The number of carbonyl (C=O) groups excluding carboxylic acids is 1. The van der Waals surface area contributed by atoms with Crippen LogP contribution in [0.4, 0.5) is 5.69 Å². The van der Waals surface area contributed by atoms with Crippen LogP contribution in [0.5, 0.6) is 0 Å². The maximum Gasteiger partial charge on any atom is 0.317 e. The van der Waals surface area contributed by atoms with Gasteiger partial charge in [-0.2, -0.15) is 0 Å². The van der Waals surface area contributed by atoms with Crippen molar-refractivity contribution in [2.45, 2.75) is 13.3 Å². The molecule has 0 aromatic heterocycles. The molecular weight excluding hydrogens is 254 g/mol. The molecule has 1 aliphatic heterocycles. The van der Waals surface area contributed by atoms with Crippen molar-refractivity contribution in [1.82, 2.24) is 0 Å². The van der Waals surface area contributed by atoms with E-state index in [2.05, 4.69) is 22.8 Å². The van der Waals surface area contributed by atoms with Gasteiger partial charge in [-0.15, -0.1) is 0 Å². The number of hydrogen-bond donors (Lipinski definition) is 0. The van der Waals surface area contributed by atoms with E-state index in [1.54, 1.807) is 6.92 Å². The van der Waals surface area contributed by atoms with E-state index in [9.17, 15) is 4.79 Å². The lowest BCUT2D eigenvalue weighted by Crippen LogP contribution is -2.36. The first-order valence-corrected chi connectivity index (χ1v) is 6.87. The first-order valence-electron chi connectivity index (χ1n) is 6.87. The summed E-state index contributed by atoms with van der Waals surface area (Å²) < 4.78 is 10.2. The van der Waals surface area contributed by atoms with Gasteiger partial charge in [0.1, 0.15) is 6.42 Å². The number of morpholine rings is 1. The molecule has 0 saturated carbocycles. The molecule has 1 fully saturated rings. The summed E-state index contributed by atoms with van der Waals surface area (Å²) in [6.45, 7) is 5.51. The first-order chi connectivity index (χ1) is 9.79. The minimum atomic E-state index is -0.274. The molecule has 0 bridgehead atoms. The van der Waals surface area contributed by atoms with Gasteiger partial charge < -0.3 is 14.4 Å². The quantitative estimate of drug-likeness (QED) is 0.622. The smallest absolute Gasteiger partial charge is 0.317 e. The van der Waals surface area contributed by atoms with Crippen LogP contribution < -0.4 is 4.90 Å². The second kappa shape index (κ2) is 7.56. The molecule has 2 rings (SSSR count). The maximum atomic E-state index is 11.2. The Morgan fingerprint density at radius 1 is 1.40 bits per heavy atom. The van der Waals surface area contributed by atoms with E-state index in [0.717, 1.165) is 37.6 Å². The summed E-state index contributed by atoms with van der Waals surface area (Å²) >= 11 is 0. The molecule has 4 heteroatoms. The monoisotopic (exact) mass is 273 g/mol. The predicted octanol–water partition coefficient (Wildman–Crippen LogP) is 1.83. The molecule has 1 aliphatic rings. The van der Waals surface area contributed by atoms with Crippen molar-refractivity contribution in [3.63, 3.8) is 0 Å². The van der Waals surface area contributed by atoms with Crippen LogP contribution in [0.15, 0.2) is 24.3 Å². The highest BCUT2D eigenvalue weighted by molar-refractivity contribution is 5.72. The molecule has 1 aromatic rings. The summed E-state index contributed by atoms with van der Waals surface area (Å²) in [5, 5.41) is 0. The molecule has 0 atom stereocenters. The lowest BCUT2D eigenvalue weighted by Gasteiger charge is -2.28. The zero-order chi connectivity index (χ0) is 14.2. The molecular formula is C16H19NO3. The Kier molecular flexibility index (Phi) is 5.45. The van der Waals surface area contributed by atoms with Gasteiger partial charge in [-0.05, 0) is 25.1 Å². The van der Waals surface area contributed by atoms with Crippen LogP contribution >= 0.6 is 0 Å². The largest absolute Gasteiger partial charge is 0.465 e. The van der Waals surface area contributed by atoms with Crippen molar-refractivity contribution < 1.29 is 14.3 Å². The van der Waals surface area contributed by atoms with E-state index in [1.165, 1.54) is 0 Å². The highest BCUT2D eigenvalue weighted by atomic mass is 16.5. The average molecular weight is 273 g/mol. The molecule has 20 heavy (non-hydrogen) atoms. The zero-order valence-electron chi connectivity index (χ0n) is 11.7. The van der Waals surface area contributed by atoms with Gasteiger partial charge in [-0.3, -0.25) is 4.79 Å². The van der Waals surface area contributed by atoms with E-state index in [0.29, 0.717) is 6.61 Å². The van der Waals surface area contributed by atoms with Gasteiger partial charge in [0.25, 0.3) is 0 Å². The fraction of sp³-hybridized carbons (Fsp3) is 0.438. The Bertz CT molecular complexity index is 510. The predicted molar refractivity (Wildman–Crippen MR) is 77.6 cm³/mol. The summed E-state index contributed by atoms with van der Waals surface area (Å²) in [6.07, 6.45) is 0.135. The number of hydrogen-bond acceptors (Lipinski definition) is 4. The highest BCUT2D eigenvalue weighted by Gasteiger charge is 2.10. The van der Waals surface area contributed by atoms with Crippen molar-refractivity contribution in [2.75, 3.05) is 37.8 Å². The van der Waals surface area contributed by atoms with E-state index in [1.807, 2.05) is 18.2 Å². The second-order valence-corrected chi connectivity index (χ2v) is 4.43. The second-order valence-electron chi connectivity index (χ2n) is 4.43. The molecule has 0 spiro atoms. The summed E-state index contributed by atoms with van der Waals surface area (Å²) in [7, 11) is 0. The number of esters is 1. The van der Waals surface area contributed by atoms with E-state index in [-0.39, 0.29) is 12.4 Å². The molecule has 0 radical (unpaired) electrons. The molecule has 106 valence electrons. The first kappa shape index (κ1) is 14.4. The van der Waals surface area contributed by atoms with Gasteiger partial charge in [0.15, 0.2) is 0 Å². The number of rotatable bonds is 3. The SMILES string of the molecule is CCOC(=O)CC#Cc1cccc(N2CCOCC2)c1. The summed E-state index contributed by atoms with van der Waals surface area (Å²) in [5.74, 6) is 5.58. The molecule has 4 nitrogen and oxygen atoms in total. The number of anilines is 1. The molecule has 1 aromatic carbocycles. The van der Waals surface area contributed by atoms with E-state index >= 15 is 0 Å². The van der Waals surface area contributed by atoms with Crippen LogP contribution in [0.3, 0.4) is 0 Å². The Hall–Kier alpha value is -1.99. The molecule has 1 heterocycles. The maximum absolute atomic E-state index is 11.2. The van der Waals surface area contributed by atoms with E-state index in [4.69, 9.17) is 9.47 Å². The molecule has 0 N–H and O–H groups in total. The fourth-order valence-electron chi connectivity index (χ4n) is 2.03. The summed E-state index contributed by atoms with van der Waals surface area (Å²) in [6, 6.07) is 8.05. The minimum Gasteiger partial charge on any atom is -0.465 e. The number of carbonyl (C=O) groups is 1. The van der Waals surface area contributed by atoms with Crippen LogP contribution in [0.25, 0.3) is 0 Å². The number of ether oxygens (including phenoxy) is 2. The molecule has 0 unspecified atom stereocenters. The Labute approximate surface area is 119 Å². The van der Waals surface area contributed by atoms with Crippen molar-refractivity contribution in [3.8, 4) is 11.8 Å². The standard InChI is InChI=1S/C16H19NO3/c1-2-20-16(18)8-4-6-14-5-3-7-15(13-14)17-9-11-19-12-10-17/h3,5,7,13H,2,8-12H2,1H3. The summed E-state index contributed by atoms with van der Waals surface area (Å²) in [4.78, 5) is 13.5. The third-order valence-corrected chi connectivity index (χ3v) is 2.99. The number of nitrogens with zero attached hydrogens (tertiary/aromatic N) is 1. The molecule has 0 amide bonds. The Morgan fingerprint density at radius 3 is 2.95 bits per heavy atom. The fourth-order valence-corrected chi connectivity index (χ4v) is 2.03. The van der Waals surface area contributed by atoms with Crippen LogP contribution in [0.2, 0.25) is 0 Å². The van der Waals surface area contributed by atoms with Gasteiger partial charge in [-0.25, -0.2) is 0 Å². The topological polar surface area (TPSA) is 38.8 Å². The Morgan fingerprint density at radius 2 is 2.20 bits per heavy atom. The van der Waals surface area contributed by atoms with Crippen LogP contribution in [0, 0.1) is 11.8 Å². The Balaban J connectivity index is 1.99.